The van der Waals surface area contributed by atoms with E-state index in [0.717, 1.165) is 0 Å². The molecule has 2 atom stereocenters. The Hall–Kier alpha value is -1.07. The number of rotatable bonds is 1. The molecule has 2 rings (SSSR count). The van der Waals surface area contributed by atoms with Gasteiger partial charge in [0, 0.05) is 6.08 Å². The second-order valence-electron chi connectivity index (χ2n) is 3.61. The van der Waals surface area contributed by atoms with Crippen molar-refractivity contribution in [2.24, 2.45) is 0 Å². The van der Waals surface area contributed by atoms with Gasteiger partial charge in [-0.2, -0.15) is 0 Å². The minimum Gasteiger partial charge on any atom is -0.463 e. The molecule has 2 aliphatic heterocycles. The van der Waals surface area contributed by atoms with Gasteiger partial charge in [0.1, 0.15) is 6.10 Å². The summed E-state index contributed by atoms with van der Waals surface area (Å²) in [5, 5.41) is 0. The Bertz CT molecular complexity index is 294. The van der Waals surface area contributed by atoms with Gasteiger partial charge in [0.25, 0.3) is 0 Å². The molecule has 0 spiro atoms. The highest BCUT2D eigenvalue weighted by Crippen LogP contribution is 2.35. The lowest BCUT2D eigenvalue weighted by atomic mass is 10.3. The van der Waals surface area contributed by atoms with Gasteiger partial charge in [-0.05, 0) is 13.8 Å². The predicted octanol–water partition coefficient (Wildman–Crippen LogP) is 0.551. The summed E-state index contributed by atoms with van der Waals surface area (Å²) in [6, 6.07) is 0. The first-order valence-corrected chi connectivity index (χ1v) is 4.34. The first-order valence-electron chi connectivity index (χ1n) is 4.34. The zero-order valence-corrected chi connectivity index (χ0v) is 8.27. The Balaban J connectivity index is 2.08. The zero-order chi connectivity index (χ0) is 10.3. The van der Waals surface area contributed by atoms with Crippen LogP contribution in [0, 0.1) is 0 Å². The number of carbonyl (C=O) groups is 1. The van der Waals surface area contributed by atoms with Gasteiger partial charge >= 0.3 is 5.97 Å². The van der Waals surface area contributed by atoms with E-state index in [9.17, 15) is 4.79 Å². The van der Waals surface area contributed by atoms with Crippen LogP contribution in [0.2, 0.25) is 0 Å². The highest BCUT2D eigenvalue weighted by atomic mass is 16.8. The maximum atomic E-state index is 11.1. The van der Waals surface area contributed by atoms with Gasteiger partial charge in [0.15, 0.2) is 5.79 Å². The molecule has 5 nitrogen and oxygen atoms in total. The van der Waals surface area contributed by atoms with Crippen molar-refractivity contribution < 1.29 is 23.7 Å². The summed E-state index contributed by atoms with van der Waals surface area (Å²) in [6.45, 7) is 3.58. The second-order valence-corrected chi connectivity index (χ2v) is 3.61. The van der Waals surface area contributed by atoms with Crippen molar-refractivity contribution in [1.29, 1.82) is 0 Å². The molecule has 0 aromatic carbocycles. The summed E-state index contributed by atoms with van der Waals surface area (Å²) < 4.78 is 20.6. The molecular weight excluding hydrogens is 188 g/mol. The Morgan fingerprint density at radius 3 is 2.79 bits per heavy atom. The van der Waals surface area contributed by atoms with Crippen LogP contribution >= 0.6 is 0 Å². The number of ether oxygens (including phenoxy) is 4. The Kier molecular flexibility index (Phi) is 2.01. The fourth-order valence-electron chi connectivity index (χ4n) is 1.49. The van der Waals surface area contributed by atoms with Gasteiger partial charge in [0.05, 0.1) is 7.11 Å². The van der Waals surface area contributed by atoms with Crippen molar-refractivity contribution in [2.75, 3.05) is 7.11 Å². The fourth-order valence-corrected chi connectivity index (χ4v) is 1.49. The van der Waals surface area contributed by atoms with Gasteiger partial charge in [-0.15, -0.1) is 0 Å². The molecule has 78 valence electrons. The Morgan fingerprint density at radius 1 is 1.50 bits per heavy atom. The van der Waals surface area contributed by atoms with E-state index in [1.807, 2.05) is 0 Å². The number of methoxy groups -OCH3 is 1. The highest BCUT2D eigenvalue weighted by molar-refractivity contribution is 5.86. The van der Waals surface area contributed by atoms with E-state index >= 15 is 0 Å². The molecule has 2 unspecified atom stereocenters. The van der Waals surface area contributed by atoms with Crippen molar-refractivity contribution >= 4 is 5.97 Å². The molecule has 0 aromatic heterocycles. The monoisotopic (exact) mass is 200 g/mol. The van der Waals surface area contributed by atoms with Crippen LogP contribution in [0.3, 0.4) is 0 Å². The molecule has 1 fully saturated rings. The van der Waals surface area contributed by atoms with Crippen LogP contribution in [-0.2, 0) is 23.7 Å². The maximum absolute atomic E-state index is 11.1. The third-order valence-electron chi connectivity index (χ3n) is 2.03. The summed E-state index contributed by atoms with van der Waals surface area (Å²) in [7, 11) is 1.30. The fraction of sp³-hybridized carbons (Fsp3) is 0.667. The molecule has 2 heterocycles. The highest BCUT2D eigenvalue weighted by Gasteiger charge is 2.46. The van der Waals surface area contributed by atoms with Crippen LogP contribution in [0.25, 0.3) is 0 Å². The molecule has 0 radical (unpaired) electrons. The SMILES string of the molecule is COC(=O)C1=CC2OC(C)(C)OC2O1. The number of hydrogen-bond acceptors (Lipinski definition) is 5. The molecular formula is C9H12O5. The number of carbonyl (C=O) groups excluding carboxylic acids is 1. The van der Waals surface area contributed by atoms with Crippen molar-refractivity contribution in [1.82, 2.24) is 0 Å². The zero-order valence-electron chi connectivity index (χ0n) is 8.27. The average molecular weight is 200 g/mol. The summed E-state index contributed by atoms with van der Waals surface area (Å²) in [5.41, 5.74) is 0. The quantitative estimate of drug-likeness (QED) is 0.578. The van der Waals surface area contributed by atoms with Gasteiger partial charge in [-0.25, -0.2) is 4.79 Å². The van der Waals surface area contributed by atoms with Gasteiger partial charge in [0.2, 0.25) is 12.0 Å². The molecule has 0 N–H and O–H groups in total. The van der Waals surface area contributed by atoms with Crippen LogP contribution < -0.4 is 0 Å². The van der Waals surface area contributed by atoms with Crippen LogP contribution in [0.5, 0.6) is 0 Å². The molecule has 0 aliphatic carbocycles. The van der Waals surface area contributed by atoms with Gasteiger partial charge in [-0.1, -0.05) is 0 Å². The van der Waals surface area contributed by atoms with E-state index in [-0.39, 0.29) is 11.9 Å². The minimum absolute atomic E-state index is 0.151. The molecule has 0 amide bonds. The third kappa shape index (κ3) is 1.49. The molecule has 5 heteroatoms. The molecule has 0 aromatic rings. The average Bonchev–Trinajstić information content (AvgIpc) is 2.56. The van der Waals surface area contributed by atoms with Crippen LogP contribution in [0.4, 0.5) is 0 Å². The largest absolute Gasteiger partial charge is 0.463 e. The normalized spacial score (nSPS) is 33.2. The molecule has 0 saturated carbocycles. The summed E-state index contributed by atoms with van der Waals surface area (Å²) in [6.07, 6.45) is 0.726. The molecule has 14 heavy (non-hydrogen) atoms. The van der Waals surface area contributed by atoms with E-state index in [1.165, 1.54) is 7.11 Å². The van der Waals surface area contributed by atoms with E-state index in [4.69, 9.17) is 14.2 Å². The van der Waals surface area contributed by atoms with E-state index in [0.29, 0.717) is 0 Å². The van der Waals surface area contributed by atoms with E-state index in [2.05, 4.69) is 4.74 Å². The Morgan fingerprint density at radius 2 is 2.21 bits per heavy atom. The summed E-state index contributed by atoms with van der Waals surface area (Å²) in [5.74, 6) is -1.02. The van der Waals surface area contributed by atoms with Crippen LogP contribution in [-0.4, -0.2) is 31.3 Å². The van der Waals surface area contributed by atoms with Crippen molar-refractivity contribution in [3.63, 3.8) is 0 Å². The maximum Gasteiger partial charge on any atom is 0.373 e. The standard InChI is InChI=1S/C9H12O5/c1-9(2)13-6-4-5(7(10)11-3)12-8(6)14-9/h4,6,8H,1-3H3. The lowest BCUT2D eigenvalue weighted by molar-refractivity contribution is -0.185. The van der Waals surface area contributed by atoms with Crippen LogP contribution in [0.15, 0.2) is 11.8 Å². The predicted molar refractivity (Wildman–Crippen MR) is 45.0 cm³/mol. The topological polar surface area (TPSA) is 54.0 Å². The van der Waals surface area contributed by atoms with Gasteiger partial charge < -0.3 is 18.9 Å². The first kappa shape index (κ1) is 9.48. The smallest absolute Gasteiger partial charge is 0.373 e. The first-order chi connectivity index (χ1) is 6.52. The van der Waals surface area contributed by atoms with Crippen molar-refractivity contribution in [3.05, 3.63) is 11.8 Å². The lowest BCUT2D eigenvalue weighted by Gasteiger charge is -2.17. The number of hydrogen-bond donors (Lipinski definition) is 0. The lowest BCUT2D eigenvalue weighted by Crippen LogP contribution is -2.23. The molecule has 2 aliphatic rings. The van der Waals surface area contributed by atoms with Gasteiger partial charge in [-0.3, -0.25) is 0 Å². The van der Waals surface area contributed by atoms with Crippen LogP contribution in [0.1, 0.15) is 13.8 Å². The minimum atomic E-state index is -0.659. The van der Waals surface area contributed by atoms with Crippen molar-refractivity contribution in [3.8, 4) is 0 Å². The van der Waals surface area contributed by atoms with E-state index < -0.39 is 18.0 Å². The third-order valence-corrected chi connectivity index (χ3v) is 2.03. The van der Waals surface area contributed by atoms with E-state index in [1.54, 1.807) is 19.9 Å². The molecule has 1 saturated heterocycles. The second kappa shape index (κ2) is 2.96. The number of esters is 1. The Labute approximate surface area is 81.6 Å². The molecule has 0 bridgehead atoms. The van der Waals surface area contributed by atoms with Crippen molar-refractivity contribution in [2.45, 2.75) is 32.0 Å². The number of fused-ring (bicyclic) bond motifs is 1. The summed E-state index contributed by atoms with van der Waals surface area (Å²) >= 11 is 0. The summed E-state index contributed by atoms with van der Waals surface area (Å²) in [4.78, 5) is 11.1.